The van der Waals surface area contributed by atoms with E-state index in [1.807, 2.05) is 31.2 Å². The summed E-state index contributed by atoms with van der Waals surface area (Å²) in [5.74, 6) is -1.37. The van der Waals surface area contributed by atoms with Crippen molar-refractivity contribution < 1.29 is 14.7 Å². The Kier molecular flexibility index (Phi) is 4.51. The molecule has 3 N–H and O–H groups in total. The van der Waals surface area contributed by atoms with Gasteiger partial charge in [-0.15, -0.1) is 0 Å². The Balaban J connectivity index is 2.85. The van der Waals surface area contributed by atoms with Crippen LogP contribution in [0.3, 0.4) is 0 Å². The topological polar surface area (TPSA) is 83.6 Å². The maximum absolute atomic E-state index is 11.0. The van der Waals surface area contributed by atoms with Crippen LogP contribution in [0.5, 0.6) is 0 Å². The molecular formula is C12H16N2O3. The lowest BCUT2D eigenvalue weighted by atomic mass is 10.1. The van der Waals surface area contributed by atoms with Crippen molar-refractivity contribution in [2.75, 3.05) is 18.0 Å². The summed E-state index contributed by atoms with van der Waals surface area (Å²) in [4.78, 5) is 23.2. The lowest BCUT2D eigenvalue weighted by Gasteiger charge is -2.24. The fourth-order valence-electron chi connectivity index (χ4n) is 1.62. The van der Waals surface area contributed by atoms with Crippen molar-refractivity contribution in [1.82, 2.24) is 0 Å². The van der Waals surface area contributed by atoms with Crippen LogP contribution in [-0.4, -0.2) is 30.1 Å². The van der Waals surface area contributed by atoms with E-state index in [2.05, 4.69) is 0 Å². The monoisotopic (exact) mass is 236 g/mol. The number of nitrogens with two attached hydrogens (primary N) is 1. The number of anilines is 1. The van der Waals surface area contributed by atoms with Gasteiger partial charge in [0.1, 0.15) is 0 Å². The molecule has 0 aromatic heterocycles. The minimum Gasteiger partial charge on any atom is -0.481 e. The molecule has 0 unspecified atom stereocenters. The summed E-state index contributed by atoms with van der Waals surface area (Å²) in [6.45, 7) is 2.20. The van der Waals surface area contributed by atoms with Crippen LogP contribution < -0.4 is 10.6 Å². The van der Waals surface area contributed by atoms with Gasteiger partial charge in [0.05, 0.1) is 13.0 Å². The van der Waals surface area contributed by atoms with Crippen LogP contribution in [0.1, 0.15) is 12.0 Å². The fraction of sp³-hybridized carbons (Fsp3) is 0.333. The molecule has 1 aromatic carbocycles. The predicted octanol–water partition coefficient (Wildman–Crippen LogP) is 0.761. The van der Waals surface area contributed by atoms with Crippen LogP contribution in [0, 0.1) is 6.92 Å². The van der Waals surface area contributed by atoms with Gasteiger partial charge in [-0.3, -0.25) is 9.59 Å². The van der Waals surface area contributed by atoms with E-state index in [1.165, 1.54) is 0 Å². The van der Waals surface area contributed by atoms with E-state index in [9.17, 15) is 9.59 Å². The van der Waals surface area contributed by atoms with Gasteiger partial charge in [0.2, 0.25) is 5.91 Å². The zero-order valence-electron chi connectivity index (χ0n) is 9.72. The van der Waals surface area contributed by atoms with Crippen LogP contribution in [0.15, 0.2) is 24.3 Å². The molecular weight excluding hydrogens is 220 g/mol. The van der Waals surface area contributed by atoms with Crippen molar-refractivity contribution >= 4 is 17.6 Å². The average molecular weight is 236 g/mol. The molecule has 0 heterocycles. The third-order valence-corrected chi connectivity index (χ3v) is 2.40. The highest BCUT2D eigenvalue weighted by Crippen LogP contribution is 2.19. The molecule has 0 atom stereocenters. The number of hydrogen-bond acceptors (Lipinski definition) is 3. The van der Waals surface area contributed by atoms with Gasteiger partial charge < -0.3 is 15.7 Å². The number of rotatable bonds is 6. The minimum absolute atomic E-state index is 0.0259. The van der Waals surface area contributed by atoms with Gasteiger partial charge in [0.25, 0.3) is 0 Å². The Morgan fingerprint density at radius 2 is 2.00 bits per heavy atom. The van der Waals surface area contributed by atoms with E-state index in [1.54, 1.807) is 4.90 Å². The van der Waals surface area contributed by atoms with Crippen molar-refractivity contribution in [2.45, 2.75) is 13.3 Å². The number of carbonyl (C=O) groups excluding carboxylic acids is 1. The Labute approximate surface area is 99.8 Å². The summed E-state index contributed by atoms with van der Waals surface area (Å²) in [5.41, 5.74) is 6.98. The van der Waals surface area contributed by atoms with E-state index in [-0.39, 0.29) is 19.5 Å². The molecule has 1 rings (SSSR count). The molecule has 0 saturated carbocycles. The van der Waals surface area contributed by atoms with E-state index in [0.717, 1.165) is 11.3 Å². The first-order valence-electron chi connectivity index (χ1n) is 5.31. The summed E-state index contributed by atoms with van der Waals surface area (Å²) < 4.78 is 0. The average Bonchev–Trinajstić information content (AvgIpc) is 2.24. The van der Waals surface area contributed by atoms with Crippen molar-refractivity contribution in [3.63, 3.8) is 0 Å². The van der Waals surface area contributed by atoms with Gasteiger partial charge in [-0.25, -0.2) is 0 Å². The summed E-state index contributed by atoms with van der Waals surface area (Å²) in [7, 11) is 0. The van der Waals surface area contributed by atoms with Gasteiger partial charge >= 0.3 is 5.97 Å². The van der Waals surface area contributed by atoms with Crippen LogP contribution >= 0.6 is 0 Å². The SMILES string of the molecule is Cc1ccccc1N(CCC(=O)O)CC(N)=O. The number of amides is 1. The molecule has 5 heteroatoms. The number of hydrogen-bond donors (Lipinski definition) is 2. The smallest absolute Gasteiger partial charge is 0.305 e. The maximum atomic E-state index is 11.0. The first kappa shape index (κ1) is 13.0. The number of carbonyl (C=O) groups is 2. The van der Waals surface area contributed by atoms with Crippen LogP contribution in [0.25, 0.3) is 0 Å². The number of aryl methyl sites for hydroxylation is 1. The van der Waals surface area contributed by atoms with E-state index in [0.29, 0.717) is 0 Å². The molecule has 5 nitrogen and oxygen atoms in total. The first-order valence-corrected chi connectivity index (χ1v) is 5.31. The van der Waals surface area contributed by atoms with E-state index >= 15 is 0 Å². The summed E-state index contributed by atoms with van der Waals surface area (Å²) in [6.07, 6.45) is -0.0262. The molecule has 1 amide bonds. The Morgan fingerprint density at radius 1 is 1.35 bits per heavy atom. The van der Waals surface area contributed by atoms with Crippen LogP contribution in [-0.2, 0) is 9.59 Å². The first-order chi connectivity index (χ1) is 8.00. The largest absolute Gasteiger partial charge is 0.481 e. The molecule has 0 aliphatic rings. The van der Waals surface area contributed by atoms with Crippen molar-refractivity contribution in [1.29, 1.82) is 0 Å². The molecule has 0 bridgehead atoms. The van der Waals surface area contributed by atoms with E-state index in [4.69, 9.17) is 10.8 Å². The highest BCUT2D eigenvalue weighted by atomic mass is 16.4. The number of para-hydroxylation sites is 1. The number of aliphatic carboxylic acids is 1. The normalized spacial score (nSPS) is 9.94. The van der Waals surface area contributed by atoms with Crippen molar-refractivity contribution in [3.05, 3.63) is 29.8 Å². The standard InChI is InChI=1S/C12H16N2O3/c1-9-4-2-3-5-10(9)14(8-11(13)15)7-6-12(16)17/h2-5H,6-8H2,1H3,(H2,13,15)(H,16,17). The molecule has 0 fully saturated rings. The highest BCUT2D eigenvalue weighted by Gasteiger charge is 2.12. The van der Waals surface area contributed by atoms with Gasteiger partial charge in [-0.1, -0.05) is 18.2 Å². The minimum atomic E-state index is -0.895. The molecule has 0 aliphatic heterocycles. The number of benzene rings is 1. The molecule has 17 heavy (non-hydrogen) atoms. The van der Waals surface area contributed by atoms with Crippen molar-refractivity contribution in [2.24, 2.45) is 5.73 Å². The quantitative estimate of drug-likeness (QED) is 0.763. The Morgan fingerprint density at radius 3 is 2.53 bits per heavy atom. The van der Waals surface area contributed by atoms with Gasteiger partial charge in [-0.05, 0) is 18.6 Å². The molecule has 0 aliphatic carbocycles. The highest BCUT2D eigenvalue weighted by molar-refractivity contribution is 5.80. The number of nitrogens with zero attached hydrogens (tertiary/aromatic N) is 1. The molecule has 0 saturated heterocycles. The number of primary amides is 1. The second kappa shape index (κ2) is 5.89. The van der Waals surface area contributed by atoms with Gasteiger partial charge in [-0.2, -0.15) is 0 Å². The predicted molar refractivity (Wildman–Crippen MR) is 64.8 cm³/mol. The van der Waals surface area contributed by atoms with Crippen LogP contribution in [0.4, 0.5) is 5.69 Å². The molecule has 92 valence electrons. The second-order valence-electron chi connectivity index (χ2n) is 3.82. The summed E-state index contributed by atoms with van der Waals surface area (Å²) in [5, 5.41) is 8.67. The molecule has 0 radical (unpaired) electrons. The number of carboxylic acid groups (broad SMARTS) is 1. The summed E-state index contributed by atoms with van der Waals surface area (Å²) in [6, 6.07) is 7.49. The molecule has 0 spiro atoms. The lowest BCUT2D eigenvalue weighted by Crippen LogP contribution is -2.35. The second-order valence-corrected chi connectivity index (χ2v) is 3.82. The maximum Gasteiger partial charge on any atom is 0.305 e. The zero-order valence-corrected chi connectivity index (χ0v) is 9.72. The fourth-order valence-corrected chi connectivity index (χ4v) is 1.62. The van der Waals surface area contributed by atoms with Gasteiger partial charge in [0, 0.05) is 12.2 Å². The summed E-state index contributed by atoms with van der Waals surface area (Å²) >= 11 is 0. The lowest BCUT2D eigenvalue weighted by molar-refractivity contribution is -0.136. The van der Waals surface area contributed by atoms with E-state index < -0.39 is 11.9 Å². The zero-order chi connectivity index (χ0) is 12.8. The third kappa shape index (κ3) is 4.14. The Bertz CT molecular complexity index is 418. The van der Waals surface area contributed by atoms with Crippen LogP contribution in [0.2, 0.25) is 0 Å². The van der Waals surface area contributed by atoms with Crippen molar-refractivity contribution in [3.8, 4) is 0 Å². The Hall–Kier alpha value is -2.04. The number of carboxylic acids is 1. The third-order valence-electron chi connectivity index (χ3n) is 2.40. The molecule has 1 aromatic rings. The van der Waals surface area contributed by atoms with Gasteiger partial charge in [0.15, 0.2) is 0 Å².